The summed E-state index contributed by atoms with van der Waals surface area (Å²) in [5, 5.41) is 6.43. The SMILES string of the molecule is O=C(NCc1cccc(C(F)(F)F)c1)[C@@H]1CCCN1c1nccc(Nc2ccccc2Cl)n1. The molecule has 10 heteroatoms. The summed E-state index contributed by atoms with van der Waals surface area (Å²) >= 11 is 6.19. The van der Waals surface area contributed by atoms with Crippen molar-refractivity contribution in [2.24, 2.45) is 0 Å². The van der Waals surface area contributed by atoms with E-state index in [0.717, 1.165) is 18.6 Å². The predicted molar refractivity (Wildman–Crippen MR) is 120 cm³/mol. The molecule has 172 valence electrons. The second-order valence-corrected chi connectivity index (χ2v) is 8.02. The van der Waals surface area contributed by atoms with E-state index in [1.165, 1.54) is 6.07 Å². The van der Waals surface area contributed by atoms with Gasteiger partial charge in [-0.1, -0.05) is 35.9 Å². The van der Waals surface area contributed by atoms with Crippen molar-refractivity contribution >= 4 is 35.0 Å². The molecule has 2 heterocycles. The van der Waals surface area contributed by atoms with Crippen LogP contribution in [0.2, 0.25) is 5.02 Å². The maximum atomic E-state index is 12.9. The zero-order valence-corrected chi connectivity index (χ0v) is 18.2. The van der Waals surface area contributed by atoms with Crippen molar-refractivity contribution in [1.82, 2.24) is 15.3 Å². The Labute approximate surface area is 193 Å². The van der Waals surface area contributed by atoms with Gasteiger partial charge in [-0.15, -0.1) is 0 Å². The van der Waals surface area contributed by atoms with Crippen molar-refractivity contribution < 1.29 is 18.0 Å². The number of alkyl halides is 3. The van der Waals surface area contributed by atoms with Gasteiger partial charge in [0.1, 0.15) is 11.9 Å². The molecular formula is C23H21ClF3N5O. The Bertz CT molecular complexity index is 1140. The van der Waals surface area contributed by atoms with Crippen molar-refractivity contribution in [2.75, 3.05) is 16.8 Å². The number of carbonyl (C=O) groups excluding carboxylic acids is 1. The number of halogens is 4. The van der Waals surface area contributed by atoms with Gasteiger partial charge in [0.05, 0.1) is 16.3 Å². The molecule has 2 N–H and O–H groups in total. The van der Waals surface area contributed by atoms with E-state index in [0.29, 0.717) is 41.0 Å². The highest BCUT2D eigenvalue weighted by atomic mass is 35.5. The van der Waals surface area contributed by atoms with Crippen molar-refractivity contribution in [3.05, 3.63) is 76.9 Å². The molecular weight excluding hydrogens is 455 g/mol. The lowest BCUT2D eigenvalue weighted by Crippen LogP contribution is -2.43. The van der Waals surface area contributed by atoms with Gasteiger partial charge in [-0.3, -0.25) is 4.79 Å². The summed E-state index contributed by atoms with van der Waals surface area (Å²) in [4.78, 5) is 23.5. The van der Waals surface area contributed by atoms with Crippen LogP contribution in [-0.2, 0) is 17.5 Å². The van der Waals surface area contributed by atoms with Crippen molar-refractivity contribution in [1.29, 1.82) is 0 Å². The average Bonchev–Trinajstić information content (AvgIpc) is 3.29. The lowest BCUT2D eigenvalue weighted by atomic mass is 10.1. The number of amides is 1. The monoisotopic (exact) mass is 475 g/mol. The predicted octanol–water partition coefficient (Wildman–Crippen LogP) is 5.18. The van der Waals surface area contributed by atoms with Crippen LogP contribution in [0.15, 0.2) is 60.8 Å². The number of nitrogens with one attached hydrogen (secondary N) is 2. The molecule has 6 nitrogen and oxygen atoms in total. The molecule has 0 bridgehead atoms. The first-order valence-electron chi connectivity index (χ1n) is 10.4. The van der Waals surface area contributed by atoms with Crippen LogP contribution in [0, 0.1) is 0 Å². The van der Waals surface area contributed by atoms with E-state index in [1.807, 2.05) is 18.2 Å². The normalized spacial score (nSPS) is 16.0. The Kier molecular flexibility index (Phi) is 6.69. The van der Waals surface area contributed by atoms with E-state index >= 15 is 0 Å². The molecule has 4 rings (SSSR count). The molecule has 3 aromatic rings. The average molecular weight is 476 g/mol. The Morgan fingerprint density at radius 3 is 2.76 bits per heavy atom. The number of hydrogen-bond donors (Lipinski definition) is 2. The fourth-order valence-electron chi connectivity index (χ4n) is 3.70. The minimum Gasteiger partial charge on any atom is -0.350 e. The van der Waals surface area contributed by atoms with Crippen LogP contribution >= 0.6 is 11.6 Å². The number of para-hydroxylation sites is 1. The van der Waals surface area contributed by atoms with Crippen LogP contribution in [0.3, 0.4) is 0 Å². The molecule has 1 fully saturated rings. The highest BCUT2D eigenvalue weighted by molar-refractivity contribution is 6.33. The molecule has 0 unspecified atom stereocenters. The van der Waals surface area contributed by atoms with Crippen molar-refractivity contribution in [2.45, 2.75) is 31.6 Å². The van der Waals surface area contributed by atoms with Crippen LogP contribution in [0.4, 0.5) is 30.6 Å². The number of rotatable bonds is 6. The lowest BCUT2D eigenvalue weighted by molar-refractivity contribution is -0.137. The Balaban J connectivity index is 1.44. The number of anilines is 3. The second-order valence-electron chi connectivity index (χ2n) is 7.61. The van der Waals surface area contributed by atoms with Gasteiger partial charge >= 0.3 is 6.18 Å². The van der Waals surface area contributed by atoms with Crippen molar-refractivity contribution in [3.8, 4) is 0 Å². The third kappa shape index (κ3) is 5.54. The summed E-state index contributed by atoms with van der Waals surface area (Å²) in [5.41, 5.74) is 0.332. The first-order valence-corrected chi connectivity index (χ1v) is 10.7. The molecule has 2 aromatic carbocycles. The third-order valence-electron chi connectivity index (χ3n) is 5.31. The Hall–Kier alpha value is -3.33. The van der Waals surface area contributed by atoms with Crippen LogP contribution in [-0.4, -0.2) is 28.5 Å². The summed E-state index contributed by atoms with van der Waals surface area (Å²) in [5.74, 6) is 0.643. The number of benzene rings is 2. The van der Waals surface area contributed by atoms with Gasteiger partial charge in [0, 0.05) is 19.3 Å². The van der Waals surface area contributed by atoms with Gasteiger partial charge in [-0.05, 0) is 48.7 Å². The molecule has 0 radical (unpaired) electrons. The highest BCUT2D eigenvalue weighted by Crippen LogP contribution is 2.30. The molecule has 0 saturated carbocycles. The third-order valence-corrected chi connectivity index (χ3v) is 5.64. The van der Waals surface area contributed by atoms with Crippen LogP contribution in [0.25, 0.3) is 0 Å². The first kappa shape index (κ1) is 22.8. The number of carbonyl (C=O) groups is 1. The van der Waals surface area contributed by atoms with Gasteiger partial charge in [0.25, 0.3) is 0 Å². The molecule has 1 aromatic heterocycles. The van der Waals surface area contributed by atoms with Crippen molar-refractivity contribution in [3.63, 3.8) is 0 Å². The fourth-order valence-corrected chi connectivity index (χ4v) is 3.88. The first-order chi connectivity index (χ1) is 15.8. The van der Waals surface area contributed by atoms with Crippen LogP contribution < -0.4 is 15.5 Å². The summed E-state index contributed by atoms with van der Waals surface area (Å²) in [6, 6.07) is 13.4. The number of nitrogens with zero attached hydrogens (tertiary/aromatic N) is 3. The standard InChI is InChI=1S/C23H21ClF3N5O/c24-17-7-1-2-8-18(17)30-20-10-11-28-22(31-20)32-12-4-9-19(32)21(33)29-14-15-5-3-6-16(13-15)23(25,26)27/h1-3,5-8,10-11,13,19H,4,9,12,14H2,(H,29,33)(H,28,30,31)/t19-/m0/s1. The molecule has 1 atom stereocenters. The van der Waals surface area contributed by atoms with Crippen LogP contribution in [0.1, 0.15) is 24.0 Å². The van der Waals surface area contributed by atoms with Gasteiger partial charge in [0.2, 0.25) is 11.9 Å². The molecule has 0 spiro atoms. The zero-order chi connectivity index (χ0) is 23.4. The van der Waals surface area contributed by atoms with Crippen LogP contribution in [0.5, 0.6) is 0 Å². The number of hydrogen-bond acceptors (Lipinski definition) is 5. The molecule has 1 aliphatic rings. The minimum absolute atomic E-state index is 0.00204. The zero-order valence-electron chi connectivity index (χ0n) is 17.4. The largest absolute Gasteiger partial charge is 0.416 e. The Morgan fingerprint density at radius 1 is 1.15 bits per heavy atom. The molecule has 33 heavy (non-hydrogen) atoms. The maximum absolute atomic E-state index is 12.9. The molecule has 1 aliphatic heterocycles. The van der Waals surface area contributed by atoms with Gasteiger partial charge in [-0.2, -0.15) is 18.2 Å². The van der Waals surface area contributed by atoms with E-state index in [9.17, 15) is 18.0 Å². The second kappa shape index (κ2) is 9.66. The summed E-state index contributed by atoms with van der Waals surface area (Å²) in [6.07, 6.45) is -1.47. The van der Waals surface area contributed by atoms with Gasteiger partial charge in [-0.25, -0.2) is 4.98 Å². The lowest BCUT2D eigenvalue weighted by Gasteiger charge is -2.24. The summed E-state index contributed by atoms with van der Waals surface area (Å²) < 4.78 is 38.8. The van der Waals surface area contributed by atoms with E-state index in [4.69, 9.17) is 11.6 Å². The van der Waals surface area contributed by atoms with Gasteiger partial charge < -0.3 is 15.5 Å². The Morgan fingerprint density at radius 2 is 1.97 bits per heavy atom. The fraction of sp³-hybridized carbons (Fsp3) is 0.261. The molecule has 0 aliphatic carbocycles. The number of aromatic nitrogens is 2. The quantitative estimate of drug-likeness (QED) is 0.514. The highest BCUT2D eigenvalue weighted by Gasteiger charge is 2.33. The summed E-state index contributed by atoms with van der Waals surface area (Å²) in [6.45, 7) is 0.596. The maximum Gasteiger partial charge on any atom is 0.416 e. The summed E-state index contributed by atoms with van der Waals surface area (Å²) in [7, 11) is 0. The van der Waals surface area contributed by atoms with E-state index in [-0.39, 0.29) is 12.5 Å². The van der Waals surface area contributed by atoms with E-state index < -0.39 is 17.8 Å². The van der Waals surface area contributed by atoms with Gasteiger partial charge in [0.15, 0.2) is 0 Å². The smallest absolute Gasteiger partial charge is 0.350 e. The van der Waals surface area contributed by atoms with E-state index in [1.54, 1.807) is 29.3 Å². The molecule has 1 saturated heterocycles. The minimum atomic E-state index is -4.43. The topological polar surface area (TPSA) is 70.2 Å². The molecule has 1 amide bonds. The van der Waals surface area contributed by atoms with E-state index in [2.05, 4.69) is 20.6 Å².